The highest BCUT2D eigenvalue weighted by Gasteiger charge is 2.40. The van der Waals surface area contributed by atoms with Gasteiger partial charge in [-0.1, -0.05) is 38.1 Å². The Morgan fingerprint density at radius 2 is 2.00 bits per heavy atom. The van der Waals surface area contributed by atoms with E-state index in [2.05, 4.69) is 31.3 Å². The molecule has 0 saturated heterocycles. The van der Waals surface area contributed by atoms with Crippen molar-refractivity contribution in [3.05, 3.63) is 35.4 Å². The van der Waals surface area contributed by atoms with Crippen molar-refractivity contribution in [1.29, 1.82) is 0 Å². The van der Waals surface area contributed by atoms with E-state index in [-0.39, 0.29) is 17.4 Å². The number of nitrogens with one attached hydrogen (secondary N) is 1. The lowest BCUT2D eigenvalue weighted by Crippen LogP contribution is -2.51. The number of amides is 1. The van der Waals surface area contributed by atoms with Crippen LogP contribution in [0.15, 0.2) is 24.3 Å². The van der Waals surface area contributed by atoms with Crippen molar-refractivity contribution >= 4 is 5.91 Å². The first-order chi connectivity index (χ1) is 7.98. The zero-order valence-electron chi connectivity index (χ0n) is 10.9. The van der Waals surface area contributed by atoms with Gasteiger partial charge in [0.25, 0.3) is 0 Å². The minimum atomic E-state index is -0.187. The van der Waals surface area contributed by atoms with Crippen LogP contribution >= 0.6 is 0 Å². The summed E-state index contributed by atoms with van der Waals surface area (Å²) in [5, 5.41) is 3.16. The number of benzene rings is 1. The summed E-state index contributed by atoms with van der Waals surface area (Å²) in [6, 6.07) is 8.15. The summed E-state index contributed by atoms with van der Waals surface area (Å²) >= 11 is 0. The summed E-state index contributed by atoms with van der Waals surface area (Å²) in [6.07, 6.45) is 0. The van der Waals surface area contributed by atoms with Crippen molar-refractivity contribution in [1.82, 2.24) is 10.2 Å². The smallest absolute Gasteiger partial charge is 0.240 e. The number of nitrogens with zero attached hydrogens (tertiary/aromatic N) is 1. The molecule has 3 nitrogen and oxygen atoms in total. The van der Waals surface area contributed by atoms with Gasteiger partial charge in [0.2, 0.25) is 5.91 Å². The zero-order valence-corrected chi connectivity index (χ0v) is 10.9. The van der Waals surface area contributed by atoms with Crippen LogP contribution in [0.2, 0.25) is 0 Å². The molecule has 1 amide bonds. The summed E-state index contributed by atoms with van der Waals surface area (Å²) in [4.78, 5) is 14.1. The van der Waals surface area contributed by atoms with E-state index in [0.29, 0.717) is 6.54 Å². The van der Waals surface area contributed by atoms with E-state index in [1.807, 2.05) is 26.2 Å². The predicted molar refractivity (Wildman–Crippen MR) is 68.8 cm³/mol. The van der Waals surface area contributed by atoms with Crippen molar-refractivity contribution in [3.63, 3.8) is 0 Å². The highest BCUT2D eigenvalue weighted by molar-refractivity contribution is 5.84. The maximum absolute atomic E-state index is 12.3. The van der Waals surface area contributed by atoms with Gasteiger partial charge in [-0.2, -0.15) is 0 Å². The number of hydrogen-bond acceptors (Lipinski definition) is 2. The van der Waals surface area contributed by atoms with E-state index in [0.717, 1.165) is 0 Å². The molecule has 1 unspecified atom stereocenters. The summed E-state index contributed by atoms with van der Waals surface area (Å²) < 4.78 is 0. The third-order valence-electron chi connectivity index (χ3n) is 3.75. The van der Waals surface area contributed by atoms with Gasteiger partial charge in [-0.15, -0.1) is 0 Å². The van der Waals surface area contributed by atoms with Crippen LogP contribution < -0.4 is 5.32 Å². The van der Waals surface area contributed by atoms with E-state index in [1.54, 1.807) is 4.90 Å². The third kappa shape index (κ3) is 1.84. The largest absolute Gasteiger partial charge is 0.340 e. The molecule has 0 radical (unpaired) electrons. The van der Waals surface area contributed by atoms with Crippen molar-refractivity contribution in [2.24, 2.45) is 0 Å². The molecule has 0 aromatic heterocycles. The van der Waals surface area contributed by atoms with E-state index in [9.17, 15) is 4.79 Å². The molecule has 1 aliphatic rings. The maximum Gasteiger partial charge on any atom is 0.240 e. The highest BCUT2D eigenvalue weighted by Crippen LogP contribution is 2.33. The van der Waals surface area contributed by atoms with Crippen LogP contribution in [0.1, 0.15) is 25.0 Å². The molecule has 1 aromatic rings. The van der Waals surface area contributed by atoms with Gasteiger partial charge < -0.3 is 10.2 Å². The second-order valence-electron chi connectivity index (χ2n) is 5.29. The number of carbonyl (C=O) groups excluding carboxylic acids is 1. The van der Waals surface area contributed by atoms with Crippen molar-refractivity contribution in [3.8, 4) is 0 Å². The quantitative estimate of drug-likeness (QED) is 0.796. The highest BCUT2D eigenvalue weighted by atomic mass is 16.2. The second kappa shape index (κ2) is 4.15. The SMILES string of the molecule is CNC1C(=O)N(C)Cc2ccccc2C1(C)C. The van der Waals surface area contributed by atoms with E-state index in [1.165, 1.54) is 11.1 Å². The first-order valence-corrected chi connectivity index (χ1v) is 5.99. The standard InChI is InChI=1S/C14H20N2O/c1-14(2)11-8-6-5-7-10(11)9-16(4)13(17)12(14)15-3/h5-8,12,15H,9H2,1-4H3. The molecular formula is C14H20N2O. The first-order valence-electron chi connectivity index (χ1n) is 5.99. The Morgan fingerprint density at radius 3 is 2.65 bits per heavy atom. The lowest BCUT2D eigenvalue weighted by Gasteiger charge is -2.33. The summed E-state index contributed by atoms with van der Waals surface area (Å²) in [5.74, 6) is 0.161. The molecule has 1 N–H and O–H groups in total. The van der Waals surface area contributed by atoms with Crippen LogP contribution in [0.25, 0.3) is 0 Å². The van der Waals surface area contributed by atoms with E-state index in [4.69, 9.17) is 0 Å². The van der Waals surface area contributed by atoms with Crippen LogP contribution in [0, 0.1) is 0 Å². The molecule has 0 bridgehead atoms. The fourth-order valence-electron chi connectivity index (χ4n) is 2.79. The molecule has 0 spiro atoms. The van der Waals surface area contributed by atoms with E-state index >= 15 is 0 Å². The molecule has 17 heavy (non-hydrogen) atoms. The van der Waals surface area contributed by atoms with Crippen LogP contribution in [-0.2, 0) is 16.8 Å². The molecule has 1 aromatic carbocycles. The van der Waals surface area contributed by atoms with Gasteiger partial charge in [0, 0.05) is 19.0 Å². The van der Waals surface area contributed by atoms with Crippen molar-refractivity contribution in [2.75, 3.05) is 14.1 Å². The number of fused-ring (bicyclic) bond motifs is 1. The van der Waals surface area contributed by atoms with Gasteiger partial charge in [0.1, 0.15) is 0 Å². The molecule has 1 heterocycles. The number of likely N-dealkylation sites (N-methyl/N-ethyl adjacent to an activating group) is 2. The molecule has 92 valence electrons. The Balaban J connectivity index is 2.59. The summed E-state index contributed by atoms with van der Waals surface area (Å²) in [7, 11) is 3.72. The van der Waals surface area contributed by atoms with Crippen LogP contribution in [0.4, 0.5) is 0 Å². The monoisotopic (exact) mass is 232 g/mol. The minimum absolute atomic E-state index is 0.161. The Kier molecular flexibility index (Phi) is 2.96. The fourth-order valence-corrected chi connectivity index (χ4v) is 2.79. The Labute approximate surface area is 103 Å². The first kappa shape index (κ1) is 12.1. The molecule has 0 aliphatic carbocycles. The van der Waals surface area contributed by atoms with Crippen molar-refractivity contribution < 1.29 is 4.79 Å². The topological polar surface area (TPSA) is 32.3 Å². The average molecular weight is 232 g/mol. The summed E-state index contributed by atoms with van der Waals surface area (Å²) in [5.41, 5.74) is 2.32. The molecule has 0 saturated carbocycles. The van der Waals surface area contributed by atoms with Gasteiger partial charge in [0.15, 0.2) is 0 Å². The van der Waals surface area contributed by atoms with Gasteiger partial charge >= 0.3 is 0 Å². The Bertz CT molecular complexity index is 440. The molecule has 0 fully saturated rings. The lowest BCUT2D eigenvalue weighted by molar-refractivity contribution is -0.133. The molecule has 2 rings (SSSR count). The normalized spacial score (nSPS) is 23.2. The van der Waals surface area contributed by atoms with Gasteiger partial charge in [-0.05, 0) is 18.2 Å². The lowest BCUT2D eigenvalue weighted by atomic mass is 9.76. The maximum atomic E-state index is 12.3. The molecule has 1 aliphatic heterocycles. The minimum Gasteiger partial charge on any atom is -0.340 e. The average Bonchev–Trinajstić information content (AvgIpc) is 2.35. The van der Waals surface area contributed by atoms with Crippen LogP contribution in [0.5, 0.6) is 0 Å². The Hall–Kier alpha value is -1.35. The number of rotatable bonds is 1. The van der Waals surface area contributed by atoms with Gasteiger partial charge in [-0.25, -0.2) is 0 Å². The van der Waals surface area contributed by atoms with Gasteiger partial charge in [0.05, 0.1) is 6.04 Å². The molecule has 3 heteroatoms. The Morgan fingerprint density at radius 1 is 1.35 bits per heavy atom. The fraction of sp³-hybridized carbons (Fsp3) is 0.500. The molecule has 1 atom stereocenters. The second-order valence-corrected chi connectivity index (χ2v) is 5.29. The van der Waals surface area contributed by atoms with Crippen molar-refractivity contribution in [2.45, 2.75) is 31.8 Å². The molecular weight excluding hydrogens is 212 g/mol. The number of hydrogen-bond donors (Lipinski definition) is 1. The van der Waals surface area contributed by atoms with Crippen LogP contribution in [-0.4, -0.2) is 30.9 Å². The summed E-state index contributed by atoms with van der Waals surface area (Å²) in [6.45, 7) is 4.95. The van der Waals surface area contributed by atoms with E-state index < -0.39 is 0 Å². The van der Waals surface area contributed by atoms with Gasteiger partial charge in [-0.3, -0.25) is 4.79 Å². The third-order valence-corrected chi connectivity index (χ3v) is 3.75. The predicted octanol–water partition coefficient (Wildman–Crippen LogP) is 1.52. The number of carbonyl (C=O) groups is 1. The zero-order chi connectivity index (χ0) is 12.6. The van der Waals surface area contributed by atoms with Crippen LogP contribution in [0.3, 0.4) is 0 Å².